The second kappa shape index (κ2) is 6.01. The molecular weight excluding hydrogens is 354 g/mol. The molecule has 4 nitrogen and oxygen atoms in total. The zero-order valence-electron chi connectivity index (χ0n) is 13.0. The average Bonchev–Trinajstić information content (AvgIpc) is 2.88. The van der Waals surface area contributed by atoms with E-state index in [0.29, 0.717) is 5.82 Å². The normalized spacial score (nSPS) is 10.7. The van der Waals surface area contributed by atoms with Crippen LogP contribution in [0, 0.1) is 6.92 Å². The SMILES string of the molecule is C=CC(=O)N(c1ccc(Br)c(C)c1)c1nn(C)c2ccccc12. The van der Waals surface area contributed by atoms with Crippen molar-refractivity contribution in [2.24, 2.45) is 7.05 Å². The number of benzene rings is 2. The molecule has 3 aromatic rings. The summed E-state index contributed by atoms with van der Waals surface area (Å²) < 4.78 is 2.78. The molecule has 0 aliphatic heterocycles. The number of carbonyl (C=O) groups is 1. The summed E-state index contributed by atoms with van der Waals surface area (Å²) in [5, 5.41) is 5.47. The fourth-order valence-corrected chi connectivity index (χ4v) is 2.82. The van der Waals surface area contributed by atoms with Crippen LogP contribution in [0.4, 0.5) is 11.5 Å². The van der Waals surface area contributed by atoms with Gasteiger partial charge in [-0.25, -0.2) is 0 Å². The molecule has 1 aromatic heterocycles. The highest BCUT2D eigenvalue weighted by molar-refractivity contribution is 9.10. The zero-order valence-corrected chi connectivity index (χ0v) is 14.5. The molecule has 2 aromatic carbocycles. The van der Waals surface area contributed by atoms with E-state index in [4.69, 9.17) is 0 Å². The number of anilines is 2. The van der Waals surface area contributed by atoms with E-state index in [0.717, 1.165) is 26.6 Å². The molecule has 0 atom stereocenters. The van der Waals surface area contributed by atoms with Crippen LogP contribution < -0.4 is 4.90 Å². The third-order valence-electron chi connectivity index (χ3n) is 3.74. The van der Waals surface area contributed by atoms with E-state index in [2.05, 4.69) is 27.6 Å². The zero-order chi connectivity index (χ0) is 16.6. The fraction of sp³-hybridized carbons (Fsp3) is 0.111. The van der Waals surface area contributed by atoms with Gasteiger partial charge in [0.05, 0.1) is 11.2 Å². The summed E-state index contributed by atoms with van der Waals surface area (Å²) in [6.45, 7) is 5.61. The number of aryl methyl sites for hydroxylation is 2. The number of nitrogens with zero attached hydrogens (tertiary/aromatic N) is 3. The summed E-state index contributed by atoms with van der Waals surface area (Å²) in [7, 11) is 1.87. The van der Waals surface area contributed by atoms with Gasteiger partial charge in [0.1, 0.15) is 0 Å². The molecule has 0 unspecified atom stereocenters. The van der Waals surface area contributed by atoms with E-state index < -0.39 is 0 Å². The van der Waals surface area contributed by atoms with Crippen LogP contribution in [0.3, 0.4) is 0 Å². The Morgan fingerprint density at radius 3 is 2.74 bits per heavy atom. The minimum atomic E-state index is -0.212. The maximum atomic E-state index is 12.5. The van der Waals surface area contributed by atoms with E-state index >= 15 is 0 Å². The van der Waals surface area contributed by atoms with Gasteiger partial charge in [-0.05, 0) is 48.9 Å². The molecule has 0 bridgehead atoms. The van der Waals surface area contributed by atoms with Gasteiger partial charge in [0.15, 0.2) is 5.82 Å². The molecule has 0 N–H and O–H groups in total. The second-order valence-corrected chi connectivity index (χ2v) is 6.13. The molecule has 0 fully saturated rings. The number of fused-ring (bicyclic) bond motifs is 1. The predicted octanol–water partition coefficient (Wildman–Crippen LogP) is 4.49. The third kappa shape index (κ3) is 2.68. The standard InChI is InChI=1S/C18H16BrN3O/c1-4-17(23)22(13-9-10-15(19)12(2)11-13)18-14-7-5-6-8-16(14)21(3)20-18/h4-11H,1H2,2-3H3. The highest BCUT2D eigenvalue weighted by Crippen LogP contribution is 2.33. The van der Waals surface area contributed by atoms with Crippen molar-refractivity contribution in [1.29, 1.82) is 0 Å². The average molecular weight is 370 g/mol. The Labute approximate surface area is 143 Å². The van der Waals surface area contributed by atoms with E-state index in [1.165, 1.54) is 6.08 Å². The molecule has 0 radical (unpaired) electrons. The van der Waals surface area contributed by atoms with Gasteiger partial charge in [-0.2, -0.15) is 5.10 Å². The quantitative estimate of drug-likeness (QED) is 0.637. The maximum absolute atomic E-state index is 12.5. The minimum absolute atomic E-state index is 0.212. The van der Waals surface area contributed by atoms with E-state index in [1.807, 2.05) is 56.4 Å². The summed E-state index contributed by atoms with van der Waals surface area (Å²) in [5.41, 5.74) is 2.78. The first kappa shape index (κ1) is 15.5. The molecule has 116 valence electrons. The number of rotatable bonds is 3. The van der Waals surface area contributed by atoms with Crippen LogP contribution in [0.25, 0.3) is 10.9 Å². The molecule has 5 heteroatoms. The highest BCUT2D eigenvalue weighted by Gasteiger charge is 2.22. The minimum Gasteiger partial charge on any atom is -0.269 e. The molecule has 1 heterocycles. The first-order chi connectivity index (χ1) is 11.0. The summed E-state index contributed by atoms with van der Waals surface area (Å²) >= 11 is 3.49. The van der Waals surface area contributed by atoms with Crippen LogP contribution in [0.1, 0.15) is 5.56 Å². The number of amides is 1. The lowest BCUT2D eigenvalue weighted by atomic mass is 10.2. The van der Waals surface area contributed by atoms with Gasteiger partial charge in [-0.15, -0.1) is 0 Å². The molecule has 3 rings (SSSR count). The smallest absolute Gasteiger partial charge is 0.256 e. The van der Waals surface area contributed by atoms with Gasteiger partial charge in [-0.1, -0.05) is 34.6 Å². The Morgan fingerprint density at radius 2 is 2.04 bits per heavy atom. The first-order valence-electron chi connectivity index (χ1n) is 7.17. The van der Waals surface area contributed by atoms with Crippen molar-refractivity contribution >= 4 is 44.2 Å². The lowest BCUT2D eigenvalue weighted by molar-refractivity contribution is -0.113. The number of halogens is 1. The van der Waals surface area contributed by atoms with Gasteiger partial charge >= 0.3 is 0 Å². The number of hydrogen-bond donors (Lipinski definition) is 0. The Balaban J connectivity index is 2.25. The third-order valence-corrected chi connectivity index (χ3v) is 4.63. The second-order valence-electron chi connectivity index (χ2n) is 5.28. The van der Waals surface area contributed by atoms with Gasteiger partial charge in [0.25, 0.3) is 5.91 Å². The molecule has 0 spiro atoms. The van der Waals surface area contributed by atoms with Crippen LogP contribution in [0.5, 0.6) is 0 Å². The number of carbonyl (C=O) groups excluding carboxylic acids is 1. The van der Waals surface area contributed by atoms with Crippen molar-refractivity contribution in [1.82, 2.24) is 9.78 Å². The van der Waals surface area contributed by atoms with E-state index in [1.54, 1.807) is 9.58 Å². The lowest BCUT2D eigenvalue weighted by Crippen LogP contribution is -2.24. The Hall–Kier alpha value is -2.40. The molecule has 0 aliphatic rings. The van der Waals surface area contributed by atoms with Crippen LogP contribution in [-0.4, -0.2) is 15.7 Å². The van der Waals surface area contributed by atoms with E-state index in [9.17, 15) is 4.79 Å². The van der Waals surface area contributed by atoms with Crippen molar-refractivity contribution in [2.75, 3.05) is 4.90 Å². The van der Waals surface area contributed by atoms with Crippen molar-refractivity contribution in [3.8, 4) is 0 Å². The Kier molecular flexibility index (Phi) is 4.05. The summed E-state index contributed by atoms with van der Waals surface area (Å²) in [6.07, 6.45) is 1.31. The monoisotopic (exact) mass is 369 g/mol. The number of para-hydroxylation sites is 1. The summed E-state index contributed by atoms with van der Waals surface area (Å²) in [4.78, 5) is 14.1. The van der Waals surface area contributed by atoms with Crippen molar-refractivity contribution in [2.45, 2.75) is 6.92 Å². The van der Waals surface area contributed by atoms with Crippen molar-refractivity contribution in [3.05, 3.63) is 65.2 Å². The van der Waals surface area contributed by atoms with Gasteiger partial charge in [0.2, 0.25) is 0 Å². The van der Waals surface area contributed by atoms with Crippen LogP contribution >= 0.6 is 15.9 Å². The van der Waals surface area contributed by atoms with E-state index in [-0.39, 0.29) is 5.91 Å². The van der Waals surface area contributed by atoms with Crippen molar-refractivity contribution < 1.29 is 4.79 Å². The fourth-order valence-electron chi connectivity index (χ4n) is 2.57. The Bertz CT molecular complexity index is 914. The highest BCUT2D eigenvalue weighted by atomic mass is 79.9. The number of aromatic nitrogens is 2. The molecule has 0 saturated carbocycles. The molecule has 1 amide bonds. The molecular formula is C18H16BrN3O. The lowest BCUT2D eigenvalue weighted by Gasteiger charge is -2.20. The first-order valence-corrected chi connectivity index (χ1v) is 7.96. The van der Waals surface area contributed by atoms with Gasteiger partial charge < -0.3 is 0 Å². The number of hydrogen-bond acceptors (Lipinski definition) is 2. The Morgan fingerprint density at radius 1 is 1.30 bits per heavy atom. The molecule has 0 aliphatic carbocycles. The van der Waals surface area contributed by atoms with Crippen LogP contribution in [0.15, 0.2) is 59.6 Å². The summed E-state index contributed by atoms with van der Waals surface area (Å²) in [6, 6.07) is 13.6. The predicted molar refractivity (Wildman–Crippen MR) is 96.9 cm³/mol. The van der Waals surface area contributed by atoms with Crippen LogP contribution in [-0.2, 0) is 11.8 Å². The van der Waals surface area contributed by atoms with Crippen molar-refractivity contribution in [3.63, 3.8) is 0 Å². The van der Waals surface area contributed by atoms with Gasteiger partial charge in [-0.3, -0.25) is 14.4 Å². The summed E-state index contributed by atoms with van der Waals surface area (Å²) in [5.74, 6) is 0.394. The van der Waals surface area contributed by atoms with Crippen LogP contribution in [0.2, 0.25) is 0 Å². The van der Waals surface area contributed by atoms with Gasteiger partial charge in [0, 0.05) is 16.9 Å². The largest absolute Gasteiger partial charge is 0.269 e. The maximum Gasteiger partial charge on any atom is 0.256 e. The molecule has 0 saturated heterocycles. The molecule has 23 heavy (non-hydrogen) atoms. The topological polar surface area (TPSA) is 38.1 Å².